The van der Waals surface area contributed by atoms with Crippen LogP contribution in [0.1, 0.15) is 11.7 Å². The minimum absolute atomic E-state index is 0.0849. The van der Waals surface area contributed by atoms with Crippen molar-refractivity contribution in [3.05, 3.63) is 65.5 Å². The Morgan fingerprint density at radius 3 is 2.11 bits per heavy atom. The van der Waals surface area contributed by atoms with Crippen molar-refractivity contribution in [2.75, 3.05) is 6.61 Å². The monoisotopic (exact) mass is 268 g/mol. The number of para-hydroxylation sites is 1. The summed E-state index contributed by atoms with van der Waals surface area (Å²) < 4.78 is 45.0. The largest absolute Gasteiger partial charge is 0.487 e. The number of rotatable bonds is 4. The van der Waals surface area contributed by atoms with Crippen LogP contribution in [-0.2, 0) is 0 Å². The number of aliphatic hydroxyl groups is 1. The van der Waals surface area contributed by atoms with Crippen molar-refractivity contribution in [3.63, 3.8) is 0 Å². The van der Waals surface area contributed by atoms with E-state index >= 15 is 0 Å². The molecule has 2 rings (SSSR count). The lowest BCUT2D eigenvalue weighted by Gasteiger charge is -2.14. The molecule has 100 valence electrons. The molecule has 0 heterocycles. The summed E-state index contributed by atoms with van der Waals surface area (Å²) in [6, 6.07) is 8.84. The lowest BCUT2D eigenvalue weighted by Crippen LogP contribution is -2.13. The highest BCUT2D eigenvalue weighted by Gasteiger charge is 2.18. The van der Waals surface area contributed by atoms with Gasteiger partial charge in [-0.3, -0.25) is 0 Å². The second-order valence-electron chi connectivity index (χ2n) is 3.89. The Morgan fingerprint density at radius 2 is 1.47 bits per heavy atom. The standard InChI is InChI=1S/C14H11F3O2/c15-9-4-1-2-7-13(9)19-8-12(18)14-10(16)5-3-6-11(14)17/h1-7,12,18H,8H2. The number of aliphatic hydroxyl groups excluding tert-OH is 1. The molecule has 0 aliphatic heterocycles. The van der Waals surface area contributed by atoms with E-state index in [4.69, 9.17) is 4.74 Å². The van der Waals surface area contributed by atoms with Gasteiger partial charge in [-0.1, -0.05) is 18.2 Å². The lowest BCUT2D eigenvalue weighted by molar-refractivity contribution is 0.0991. The summed E-state index contributed by atoms with van der Waals surface area (Å²) in [5, 5.41) is 9.71. The third-order valence-corrected chi connectivity index (χ3v) is 2.57. The number of ether oxygens (including phenoxy) is 1. The summed E-state index contributed by atoms with van der Waals surface area (Å²) in [4.78, 5) is 0. The zero-order valence-electron chi connectivity index (χ0n) is 9.82. The molecular weight excluding hydrogens is 257 g/mol. The van der Waals surface area contributed by atoms with Gasteiger partial charge in [0.05, 0.1) is 5.56 Å². The van der Waals surface area contributed by atoms with E-state index in [-0.39, 0.29) is 5.75 Å². The van der Waals surface area contributed by atoms with E-state index in [2.05, 4.69) is 0 Å². The van der Waals surface area contributed by atoms with E-state index in [1.54, 1.807) is 6.07 Å². The highest BCUT2D eigenvalue weighted by Crippen LogP contribution is 2.23. The first kappa shape index (κ1) is 13.4. The zero-order valence-corrected chi connectivity index (χ0v) is 9.82. The predicted octanol–water partition coefficient (Wildman–Crippen LogP) is 3.22. The maximum Gasteiger partial charge on any atom is 0.165 e. The summed E-state index contributed by atoms with van der Waals surface area (Å²) >= 11 is 0. The molecule has 1 atom stereocenters. The Morgan fingerprint density at radius 1 is 0.895 bits per heavy atom. The van der Waals surface area contributed by atoms with Crippen molar-refractivity contribution in [1.29, 1.82) is 0 Å². The van der Waals surface area contributed by atoms with E-state index in [0.717, 1.165) is 12.1 Å². The smallest absolute Gasteiger partial charge is 0.165 e. The molecule has 19 heavy (non-hydrogen) atoms. The predicted molar refractivity (Wildman–Crippen MR) is 63.2 cm³/mol. The summed E-state index contributed by atoms with van der Waals surface area (Å²) in [6.07, 6.45) is -1.51. The van der Waals surface area contributed by atoms with Crippen LogP contribution in [0.2, 0.25) is 0 Å². The van der Waals surface area contributed by atoms with Gasteiger partial charge in [-0.2, -0.15) is 0 Å². The fourth-order valence-electron chi connectivity index (χ4n) is 1.64. The first-order valence-electron chi connectivity index (χ1n) is 5.59. The fraction of sp³-hybridized carbons (Fsp3) is 0.143. The summed E-state index contributed by atoms with van der Waals surface area (Å²) in [6.45, 7) is -0.446. The van der Waals surface area contributed by atoms with Crippen LogP contribution in [0.15, 0.2) is 42.5 Å². The molecule has 5 heteroatoms. The van der Waals surface area contributed by atoms with Gasteiger partial charge in [-0.05, 0) is 24.3 Å². The van der Waals surface area contributed by atoms with Gasteiger partial charge >= 0.3 is 0 Å². The lowest BCUT2D eigenvalue weighted by atomic mass is 10.1. The first-order valence-corrected chi connectivity index (χ1v) is 5.59. The van der Waals surface area contributed by atoms with E-state index in [1.165, 1.54) is 24.3 Å². The van der Waals surface area contributed by atoms with Gasteiger partial charge in [0.15, 0.2) is 11.6 Å². The van der Waals surface area contributed by atoms with E-state index in [0.29, 0.717) is 0 Å². The van der Waals surface area contributed by atoms with Crippen molar-refractivity contribution < 1.29 is 23.0 Å². The molecule has 0 saturated carbocycles. The molecule has 0 aromatic heterocycles. The van der Waals surface area contributed by atoms with Gasteiger partial charge in [0, 0.05) is 0 Å². The molecule has 2 aromatic carbocycles. The van der Waals surface area contributed by atoms with Crippen molar-refractivity contribution >= 4 is 0 Å². The molecule has 2 nitrogen and oxygen atoms in total. The molecule has 0 aliphatic rings. The van der Waals surface area contributed by atoms with Gasteiger partial charge in [-0.25, -0.2) is 13.2 Å². The minimum Gasteiger partial charge on any atom is -0.487 e. The van der Waals surface area contributed by atoms with Gasteiger partial charge in [0.25, 0.3) is 0 Å². The molecule has 0 fully saturated rings. The molecule has 1 N–H and O–H groups in total. The number of hydrogen-bond acceptors (Lipinski definition) is 2. The molecule has 0 aliphatic carbocycles. The number of hydrogen-bond donors (Lipinski definition) is 1. The molecule has 0 spiro atoms. The van der Waals surface area contributed by atoms with E-state index in [1.807, 2.05) is 0 Å². The van der Waals surface area contributed by atoms with Crippen LogP contribution >= 0.6 is 0 Å². The Bertz CT molecular complexity index is 552. The molecule has 0 amide bonds. The average molecular weight is 268 g/mol. The Kier molecular flexibility index (Phi) is 4.06. The van der Waals surface area contributed by atoms with Gasteiger partial charge in [0.1, 0.15) is 24.3 Å². The maximum absolute atomic E-state index is 13.4. The van der Waals surface area contributed by atoms with Crippen LogP contribution in [0.25, 0.3) is 0 Å². The average Bonchev–Trinajstić information content (AvgIpc) is 2.37. The number of halogens is 3. The second-order valence-corrected chi connectivity index (χ2v) is 3.89. The van der Waals surface area contributed by atoms with Crippen LogP contribution in [0.3, 0.4) is 0 Å². The first-order chi connectivity index (χ1) is 9.09. The third-order valence-electron chi connectivity index (χ3n) is 2.57. The quantitative estimate of drug-likeness (QED) is 0.922. The summed E-state index contributed by atoms with van der Waals surface area (Å²) in [7, 11) is 0. The van der Waals surface area contributed by atoms with Crippen molar-refractivity contribution in [2.45, 2.75) is 6.10 Å². The van der Waals surface area contributed by atoms with Gasteiger partial charge in [-0.15, -0.1) is 0 Å². The number of benzene rings is 2. The maximum atomic E-state index is 13.4. The SMILES string of the molecule is OC(COc1ccccc1F)c1c(F)cccc1F. The zero-order chi connectivity index (χ0) is 13.8. The highest BCUT2D eigenvalue weighted by molar-refractivity contribution is 5.25. The van der Waals surface area contributed by atoms with Crippen LogP contribution in [0.4, 0.5) is 13.2 Å². The van der Waals surface area contributed by atoms with Gasteiger partial charge < -0.3 is 9.84 Å². The third kappa shape index (κ3) is 3.06. The summed E-state index contributed by atoms with van der Waals surface area (Å²) in [5.74, 6) is -2.43. The van der Waals surface area contributed by atoms with Crippen molar-refractivity contribution in [2.24, 2.45) is 0 Å². The van der Waals surface area contributed by atoms with Crippen LogP contribution in [0, 0.1) is 17.5 Å². The van der Waals surface area contributed by atoms with Crippen LogP contribution in [-0.4, -0.2) is 11.7 Å². The molecule has 0 saturated heterocycles. The van der Waals surface area contributed by atoms with Crippen LogP contribution in [0.5, 0.6) is 5.75 Å². The molecular formula is C14H11F3O2. The van der Waals surface area contributed by atoms with E-state index in [9.17, 15) is 18.3 Å². The van der Waals surface area contributed by atoms with Gasteiger partial charge in [0.2, 0.25) is 0 Å². The molecule has 0 radical (unpaired) electrons. The fourth-order valence-corrected chi connectivity index (χ4v) is 1.64. The topological polar surface area (TPSA) is 29.5 Å². The molecule has 2 aromatic rings. The molecule has 1 unspecified atom stereocenters. The van der Waals surface area contributed by atoms with Crippen molar-refractivity contribution in [3.8, 4) is 5.75 Å². The normalized spacial score (nSPS) is 12.2. The second kappa shape index (κ2) is 5.75. The Hall–Kier alpha value is -2.01. The van der Waals surface area contributed by atoms with E-state index < -0.39 is 35.7 Å². The summed E-state index contributed by atoms with van der Waals surface area (Å²) in [5.41, 5.74) is -0.487. The van der Waals surface area contributed by atoms with Crippen molar-refractivity contribution in [1.82, 2.24) is 0 Å². The van der Waals surface area contributed by atoms with Crippen LogP contribution < -0.4 is 4.74 Å². The Balaban J connectivity index is 2.10. The minimum atomic E-state index is -1.51. The Labute approximate surface area is 108 Å². The molecule has 0 bridgehead atoms. The highest BCUT2D eigenvalue weighted by atomic mass is 19.1.